The van der Waals surface area contributed by atoms with Crippen molar-refractivity contribution in [2.24, 2.45) is 0 Å². The molecule has 128 valence electrons. The summed E-state index contributed by atoms with van der Waals surface area (Å²) < 4.78 is 26.7. The van der Waals surface area contributed by atoms with Gasteiger partial charge in [-0.15, -0.1) is 11.3 Å². The number of rotatable bonds is 5. The van der Waals surface area contributed by atoms with Crippen molar-refractivity contribution in [1.82, 2.24) is 10.3 Å². The molecule has 1 amide bonds. The third-order valence-electron chi connectivity index (χ3n) is 3.74. The molecule has 2 aromatic carbocycles. The first-order valence-electron chi connectivity index (χ1n) is 7.77. The molecule has 0 spiro atoms. The van der Waals surface area contributed by atoms with Crippen molar-refractivity contribution < 1.29 is 13.6 Å². The summed E-state index contributed by atoms with van der Waals surface area (Å²) in [6.07, 6.45) is 0.596. The molecule has 6 heteroatoms. The van der Waals surface area contributed by atoms with Crippen LogP contribution in [0.3, 0.4) is 0 Å². The van der Waals surface area contributed by atoms with Crippen LogP contribution in [-0.4, -0.2) is 17.4 Å². The first-order valence-corrected chi connectivity index (χ1v) is 8.65. The highest BCUT2D eigenvalue weighted by Gasteiger charge is 2.12. The van der Waals surface area contributed by atoms with E-state index in [2.05, 4.69) is 10.3 Å². The van der Waals surface area contributed by atoms with Crippen molar-refractivity contribution >= 4 is 17.2 Å². The molecule has 0 aliphatic rings. The van der Waals surface area contributed by atoms with Crippen molar-refractivity contribution in [1.29, 1.82) is 0 Å². The van der Waals surface area contributed by atoms with E-state index in [1.165, 1.54) is 0 Å². The molecular weight excluding hydrogens is 342 g/mol. The van der Waals surface area contributed by atoms with Gasteiger partial charge in [0.05, 0.1) is 16.3 Å². The van der Waals surface area contributed by atoms with E-state index >= 15 is 0 Å². The van der Waals surface area contributed by atoms with E-state index in [9.17, 15) is 13.6 Å². The van der Waals surface area contributed by atoms with Gasteiger partial charge in [0.15, 0.2) is 0 Å². The summed E-state index contributed by atoms with van der Waals surface area (Å²) in [5.41, 5.74) is 2.74. The summed E-state index contributed by atoms with van der Waals surface area (Å²) in [5, 5.41) is 5.64. The lowest BCUT2D eigenvalue weighted by atomic mass is 10.1. The molecule has 0 radical (unpaired) electrons. The van der Waals surface area contributed by atoms with Crippen molar-refractivity contribution in [3.8, 4) is 11.3 Å². The number of amides is 1. The number of hydrogen-bond donors (Lipinski definition) is 1. The molecule has 0 bridgehead atoms. The number of nitrogens with zero attached hydrogens (tertiary/aromatic N) is 1. The molecule has 0 atom stereocenters. The Balaban J connectivity index is 1.57. The smallest absolute Gasteiger partial charge is 0.254 e. The average molecular weight is 358 g/mol. The van der Waals surface area contributed by atoms with Gasteiger partial charge in [0.2, 0.25) is 0 Å². The fourth-order valence-corrected chi connectivity index (χ4v) is 3.05. The zero-order valence-electron chi connectivity index (χ0n) is 13.6. The predicted molar refractivity (Wildman–Crippen MR) is 94.7 cm³/mol. The SMILES string of the molecule is Cc1nc(-c2ccc(CCNC(=O)c3cc(F)ccc3F)cc2)cs1. The monoisotopic (exact) mass is 358 g/mol. The second-order valence-corrected chi connectivity index (χ2v) is 6.64. The Hall–Kier alpha value is -2.60. The number of thiazole rings is 1. The maximum Gasteiger partial charge on any atom is 0.254 e. The molecule has 0 unspecified atom stereocenters. The van der Waals surface area contributed by atoms with Crippen LogP contribution in [0.25, 0.3) is 11.3 Å². The Kier molecular flexibility index (Phi) is 5.19. The molecule has 0 aliphatic carbocycles. The highest BCUT2D eigenvalue weighted by Crippen LogP contribution is 2.21. The van der Waals surface area contributed by atoms with Crippen LogP contribution >= 0.6 is 11.3 Å². The Morgan fingerprint density at radius 2 is 1.92 bits per heavy atom. The highest BCUT2D eigenvalue weighted by atomic mass is 32.1. The molecule has 3 aromatic rings. The van der Waals surface area contributed by atoms with Crippen molar-refractivity contribution in [2.75, 3.05) is 6.54 Å². The number of aryl methyl sites for hydroxylation is 1. The van der Waals surface area contributed by atoms with E-state index < -0.39 is 17.5 Å². The number of nitrogens with one attached hydrogen (secondary N) is 1. The zero-order chi connectivity index (χ0) is 17.8. The predicted octanol–water partition coefficient (Wildman–Crippen LogP) is 4.37. The summed E-state index contributed by atoms with van der Waals surface area (Å²) in [7, 11) is 0. The highest BCUT2D eigenvalue weighted by molar-refractivity contribution is 7.09. The van der Waals surface area contributed by atoms with Crippen LogP contribution in [0.5, 0.6) is 0 Å². The van der Waals surface area contributed by atoms with E-state index in [1.54, 1.807) is 11.3 Å². The zero-order valence-corrected chi connectivity index (χ0v) is 14.4. The summed E-state index contributed by atoms with van der Waals surface area (Å²) in [4.78, 5) is 16.4. The van der Waals surface area contributed by atoms with E-state index in [-0.39, 0.29) is 5.56 Å². The van der Waals surface area contributed by atoms with Crippen LogP contribution in [0.2, 0.25) is 0 Å². The standard InChI is InChI=1S/C19H16F2N2OS/c1-12-23-18(11-25-12)14-4-2-13(3-5-14)8-9-22-19(24)16-10-15(20)6-7-17(16)21/h2-7,10-11H,8-9H2,1H3,(H,22,24). The maximum atomic E-state index is 13.5. The lowest BCUT2D eigenvalue weighted by Crippen LogP contribution is -2.26. The summed E-state index contributed by atoms with van der Waals surface area (Å²) in [6, 6.07) is 10.7. The number of carbonyl (C=O) groups is 1. The Labute approximate surface area is 148 Å². The minimum atomic E-state index is -0.734. The molecule has 3 nitrogen and oxygen atoms in total. The van der Waals surface area contributed by atoms with Gasteiger partial charge in [0.1, 0.15) is 11.6 Å². The molecule has 25 heavy (non-hydrogen) atoms. The largest absolute Gasteiger partial charge is 0.352 e. The minimum absolute atomic E-state index is 0.283. The van der Waals surface area contributed by atoms with Crippen LogP contribution in [0, 0.1) is 18.6 Å². The van der Waals surface area contributed by atoms with Crippen LogP contribution in [0.1, 0.15) is 20.9 Å². The van der Waals surface area contributed by atoms with Crippen molar-refractivity contribution in [3.63, 3.8) is 0 Å². The van der Waals surface area contributed by atoms with E-state index in [0.29, 0.717) is 13.0 Å². The van der Waals surface area contributed by atoms with Gasteiger partial charge in [-0.3, -0.25) is 4.79 Å². The number of aromatic nitrogens is 1. The van der Waals surface area contributed by atoms with Gasteiger partial charge in [-0.2, -0.15) is 0 Å². The minimum Gasteiger partial charge on any atom is -0.352 e. The second kappa shape index (κ2) is 7.53. The number of hydrogen-bond acceptors (Lipinski definition) is 3. The van der Waals surface area contributed by atoms with E-state index in [1.807, 2.05) is 36.6 Å². The average Bonchev–Trinajstić information content (AvgIpc) is 3.04. The normalized spacial score (nSPS) is 10.7. The van der Waals surface area contributed by atoms with E-state index in [0.717, 1.165) is 40.0 Å². The Bertz CT molecular complexity index is 891. The number of benzene rings is 2. The molecular formula is C19H16F2N2OS. The molecule has 0 fully saturated rings. The quantitative estimate of drug-likeness (QED) is 0.736. The lowest BCUT2D eigenvalue weighted by Gasteiger charge is -2.07. The molecule has 0 saturated heterocycles. The Morgan fingerprint density at radius 1 is 1.16 bits per heavy atom. The second-order valence-electron chi connectivity index (χ2n) is 5.58. The van der Waals surface area contributed by atoms with Crippen molar-refractivity contribution in [2.45, 2.75) is 13.3 Å². The number of halogens is 2. The van der Waals surface area contributed by atoms with Gasteiger partial charge < -0.3 is 5.32 Å². The van der Waals surface area contributed by atoms with Crippen molar-refractivity contribution in [3.05, 3.63) is 75.6 Å². The van der Waals surface area contributed by atoms with Crippen LogP contribution in [0.4, 0.5) is 8.78 Å². The molecule has 0 aliphatic heterocycles. The molecule has 1 aromatic heterocycles. The topological polar surface area (TPSA) is 42.0 Å². The van der Waals surface area contributed by atoms with Gasteiger partial charge in [-0.05, 0) is 37.1 Å². The van der Waals surface area contributed by atoms with Gasteiger partial charge >= 0.3 is 0 Å². The maximum absolute atomic E-state index is 13.5. The molecule has 1 N–H and O–H groups in total. The van der Waals surface area contributed by atoms with Gasteiger partial charge in [-0.1, -0.05) is 24.3 Å². The van der Waals surface area contributed by atoms with Gasteiger partial charge in [-0.25, -0.2) is 13.8 Å². The lowest BCUT2D eigenvalue weighted by molar-refractivity contribution is 0.0949. The molecule has 0 saturated carbocycles. The third kappa shape index (κ3) is 4.28. The molecule has 3 rings (SSSR count). The van der Waals surface area contributed by atoms with Crippen LogP contribution < -0.4 is 5.32 Å². The van der Waals surface area contributed by atoms with Gasteiger partial charge in [0, 0.05) is 17.5 Å². The fourth-order valence-electron chi connectivity index (χ4n) is 2.43. The number of carbonyl (C=O) groups excluding carboxylic acids is 1. The summed E-state index contributed by atoms with van der Waals surface area (Å²) >= 11 is 1.60. The molecule has 1 heterocycles. The fraction of sp³-hybridized carbons (Fsp3) is 0.158. The third-order valence-corrected chi connectivity index (χ3v) is 4.51. The van der Waals surface area contributed by atoms with E-state index in [4.69, 9.17) is 0 Å². The Morgan fingerprint density at radius 3 is 2.60 bits per heavy atom. The van der Waals surface area contributed by atoms with Gasteiger partial charge in [0.25, 0.3) is 5.91 Å². The summed E-state index contributed by atoms with van der Waals surface area (Å²) in [5.74, 6) is -1.99. The summed E-state index contributed by atoms with van der Waals surface area (Å²) in [6.45, 7) is 2.30. The first-order chi connectivity index (χ1) is 12.0. The van der Waals surface area contributed by atoms with Crippen LogP contribution in [-0.2, 0) is 6.42 Å². The first kappa shape index (κ1) is 17.2. The van der Waals surface area contributed by atoms with Crippen LogP contribution in [0.15, 0.2) is 47.8 Å².